The minimum atomic E-state index is -0.284. The van der Waals surface area contributed by atoms with Crippen molar-refractivity contribution in [3.05, 3.63) is 29.3 Å². The first-order chi connectivity index (χ1) is 8.11. The summed E-state index contributed by atoms with van der Waals surface area (Å²) in [6.07, 6.45) is 0.804. The lowest BCUT2D eigenvalue weighted by atomic mass is 10.3. The van der Waals surface area contributed by atoms with Crippen LogP contribution in [0.4, 0.5) is 0 Å². The Morgan fingerprint density at radius 2 is 2.06 bits per heavy atom. The zero-order chi connectivity index (χ0) is 12.7. The lowest BCUT2D eigenvalue weighted by molar-refractivity contribution is -0.123. The Morgan fingerprint density at radius 1 is 1.41 bits per heavy atom. The highest BCUT2D eigenvalue weighted by atomic mass is 35.5. The molecule has 0 spiro atoms. The third kappa shape index (κ3) is 5.36. The second-order valence-electron chi connectivity index (χ2n) is 3.48. The van der Waals surface area contributed by atoms with E-state index in [0.717, 1.165) is 12.1 Å². The van der Waals surface area contributed by atoms with E-state index in [9.17, 15) is 4.79 Å². The van der Waals surface area contributed by atoms with Gasteiger partial charge in [0.25, 0.3) is 5.91 Å². The summed E-state index contributed by atoms with van der Waals surface area (Å²) in [5.74, 6) is 0.313. The van der Waals surface area contributed by atoms with Crippen LogP contribution in [0.15, 0.2) is 29.4 Å². The van der Waals surface area contributed by atoms with Crippen LogP contribution in [-0.2, 0) is 4.79 Å². The Morgan fingerprint density at radius 3 is 2.65 bits per heavy atom. The van der Waals surface area contributed by atoms with E-state index < -0.39 is 0 Å². The summed E-state index contributed by atoms with van der Waals surface area (Å²) in [6.45, 7) is 3.75. The number of halogens is 1. The molecule has 0 aliphatic carbocycles. The number of nitrogens with zero attached hydrogens (tertiary/aromatic N) is 1. The van der Waals surface area contributed by atoms with Crippen LogP contribution >= 0.6 is 11.6 Å². The van der Waals surface area contributed by atoms with Gasteiger partial charge in [-0.1, -0.05) is 18.5 Å². The van der Waals surface area contributed by atoms with Gasteiger partial charge in [0.05, 0.1) is 0 Å². The van der Waals surface area contributed by atoms with Crippen LogP contribution in [0.3, 0.4) is 0 Å². The maximum absolute atomic E-state index is 11.3. The van der Waals surface area contributed by atoms with Crippen molar-refractivity contribution in [2.75, 3.05) is 6.61 Å². The molecule has 17 heavy (non-hydrogen) atoms. The lowest BCUT2D eigenvalue weighted by Crippen LogP contribution is -2.25. The first-order valence-electron chi connectivity index (χ1n) is 5.32. The Kier molecular flexibility index (Phi) is 5.49. The summed E-state index contributed by atoms with van der Waals surface area (Å²) in [5.41, 5.74) is 3.28. The summed E-state index contributed by atoms with van der Waals surface area (Å²) in [6, 6.07) is 6.81. The molecule has 1 amide bonds. The van der Waals surface area contributed by atoms with Gasteiger partial charge in [-0.3, -0.25) is 4.79 Å². The fraction of sp³-hybridized carbons (Fsp3) is 0.333. The number of carbonyl (C=O) groups is 1. The Hall–Kier alpha value is -1.55. The number of rotatable bonds is 5. The van der Waals surface area contributed by atoms with Gasteiger partial charge < -0.3 is 4.74 Å². The molecule has 0 saturated heterocycles. The number of benzene rings is 1. The van der Waals surface area contributed by atoms with Gasteiger partial charge in [-0.05, 0) is 37.6 Å². The molecule has 0 saturated carbocycles. The molecular weight excluding hydrogens is 240 g/mol. The fourth-order valence-corrected chi connectivity index (χ4v) is 1.07. The minimum absolute atomic E-state index is 0.0673. The van der Waals surface area contributed by atoms with Gasteiger partial charge >= 0.3 is 0 Å². The van der Waals surface area contributed by atoms with Crippen LogP contribution in [0.2, 0.25) is 5.02 Å². The molecule has 92 valence electrons. The van der Waals surface area contributed by atoms with Gasteiger partial charge in [0, 0.05) is 10.7 Å². The van der Waals surface area contributed by atoms with Gasteiger partial charge in [-0.15, -0.1) is 0 Å². The molecule has 1 N–H and O–H groups in total. The number of hydrogen-bond donors (Lipinski definition) is 1. The van der Waals surface area contributed by atoms with Crippen LogP contribution in [-0.4, -0.2) is 18.2 Å². The summed E-state index contributed by atoms with van der Waals surface area (Å²) in [4.78, 5) is 11.3. The molecule has 1 aromatic rings. The zero-order valence-electron chi connectivity index (χ0n) is 9.87. The molecule has 1 rings (SSSR count). The van der Waals surface area contributed by atoms with E-state index in [2.05, 4.69) is 10.5 Å². The highest BCUT2D eigenvalue weighted by Crippen LogP contribution is 2.15. The van der Waals surface area contributed by atoms with E-state index in [1.807, 2.05) is 13.8 Å². The SMILES string of the molecule is CC/C(C)=N/NC(=O)COc1ccc(Cl)cc1. The van der Waals surface area contributed by atoms with Crippen LogP contribution in [0.5, 0.6) is 5.75 Å². The second-order valence-corrected chi connectivity index (χ2v) is 3.91. The molecule has 0 radical (unpaired) electrons. The van der Waals surface area contributed by atoms with Crippen molar-refractivity contribution in [1.29, 1.82) is 0 Å². The summed E-state index contributed by atoms with van der Waals surface area (Å²) >= 11 is 5.72. The smallest absolute Gasteiger partial charge is 0.277 e. The van der Waals surface area contributed by atoms with E-state index in [4.69, 9.17) is 16.3 Å². The third-order valence-electron chi connectivity index (χ3n) is 2.07. The molecule has 1 aromatic carbocycles. The quantitative estimate of drug-likeness (QED) is 0.649. The number of amides is 1. The molecule has 0 bridgehead atoms. The van der Waals surface area contributed by atoms with Crippen molar-refractivity contribution in [2.24, 2.45) is 5.10 Å². The van der Waals surface area contributed by atoms with Crippen molar-refractivity contribution < 1.29 is 9.53 Å². The van der Waals surface area contributed by atoms with E-state index in [-0.39, 0.29) is 12.5 Å². The van der Waals surface area contributed by atoms with Gasteiger partial charge in [-0.25, -0.2) is 5.43 Å². The fourth-order valence-electron chi connectivity index (χ4n) is 0.949. The molecule has 0 unspecified atom stereocenters. The van der Waals surface area contributed by atoms with Crippen molar-refractivity contribution in [2.45, 2.75) is 20.3 Å². The molecule has 5 heteroatoms. The standard InChI is InChI=1S/C12H15ClN2O2/c1-3-9(2)14-15-12(16)8-17-11-6-4-10(13)5-7-11/h4-7H,3,8H2,1-2H3,(H,15,16)/b14-9+. The third-order valence-corrected chi connectivity index (χ3v) is 2.32. The molecular formula is C12H15ClN2O2. The average molecular weight is 255 g/mol. The maximum atomic E-state index is 11.3. The van der Waals surface area contributed by atoms with Crippen LogP contribution in [0, 0.1) is 0 Å². The van der Waals surface area contributed by atoms with Gasteiger partial charge in [0.1, 0.15) is 5.75 Å². The summed E-state index contributed by atoms with van der Waals surface area (Å²) in [7, 11) is 0. The van der Waals surface area contributed by atoms with Gasteiger partial charge in [0.2, 0.25) is 0 Å². The van der Waals surface area contributed by atoms with Crippen molar-refractivity contribution in [1.82, 2.24) is 5.43 Å². The molecule has 0 fully saturated rings. The second kappa shape index (κ2) is 6.91. The first-order valence-corrected chi connectivity index (χ1v) is 5.70. The summed E-state index contributed by atoms with van der Waals surface area (Å²) in [5, 5.41) is 4.51. The van der Waals surface area contributed by atoms with E-state index >= 15 is 0 Å². The van der Waals surface area contributed by atoms with Crippen molar-refractivity contribution in [3.63, 3.8) is 0 Å². The predicted octanol–water partition coefficient (Wildman–Crippen LogP) is 2.62. The number of carbonyl (C=O) groups excluding carboxylic acids is 1. The molecule has 0 aromatic heterocycles. The van der Waals surface area contributed by atoms with E-state index in [1.165, 1.54) is 0 Å². The minimum Gasteiger partial charge on any atom is -0.484 e. The normalized spacial score (nSPS) is 11.1. The van der Waals surface area contributed by atoms with E-state index in [0.29, 0.717) is 10.8 Å². The first kappa shape index (κ1) is 13.5. The van der Waals surface area contributed by atoms with E-state index in [1.54, 1.807) is 24.3 Å². The molecule has 0 heterocycles. The van der Waals surface area contributed by atoms with Gasteiger partial charge in [-0.2, -0.15) is 5.10 Å². The number of nitrogens with one attached hydrogen (secondary N) is 1. The number of hydrogen-bond acceptors (Lipinski definition) is 3. The highest BCUT2D eigenvalue weighted by Gasteiger charge is 2.01. The van der Waals surface area contributed by atoms with Crippen molar-refractivity contribution in [3.8, 4) is 5.75 Å². The predicted molar refractivity (Wildman–Crippen MR) is 68.5 cm³/mol. The number of hydrazone groups is 1. The molecule has 0 atom stereocenters. The molecule has 4 nitrogen and oxygen atoms in total. The lowest BCUT2D eigenvalue weighted by Gasteiger charge is -2.05. The summed E-state index contributed by atoms with van der Waals surface area (Å²) < 4.78 is 5.25. The highest BCUT2D eigenvalue weighted by molar-refractivity contribution is 6.30. The van der Waals surface area contributed by atoms with Gasteiger partial charge in [0.15, 0.2) is 6.61 Å². The van der Waals surface area contributed by atoms with Crippen molar-refractivity contribution >= 4 is 23.2 Å². The average Bonchev–Trinajstić information content (AvgIpc) is 2.35. The van der Waals surface area contributed by atoms with Crippen LogP contribution < -0.4 is 10.2 Å². The monoisotopic (exact) mass is 254 g/mol. The topological polar surface area (TPSA) is 50.7 Å². The maximum Gasteiger partial charge on any atom is 0.277 e. The number of ether oxygens (including phenoxy) is 1. The van der Waals surface area contributed by atoms with Crippen LogP contribution in [0.25, 0.3) is 0 Å². The Labute approximate surface area is 106 Å². The molecule has 0 aliphatic heterocycles. The Balaban J connectivity index is 2.36. The van der Waals surface area contributed by atoms with Crippen LogP contribution in [0.1, 0.15) is 20.3 Å². The Bertz CT molecular complexity index is 401. The largest absolute Gasteiger partial charge is 0.484 e. The molecule has 0 aliphatic rings. The zero-order valence-corrected chi connectivity index (χ0v) is 10.6.